The molecule has 0 aromatic heterocycles. The highest BCUT2D eigenvalue weighted by atomic mass is 16.5. The lowest BCUT2D eigenvalue weighted by molar-refractivity contribution is -0.154. The van der Waals surface area contributed by atoms with Crippen molar-refractivity contribution in [1.82, 2.24) is 5.32 Å². The third-order valence-corrected chi connectivity index (χ3v) is 5.18. The molecule has 1 aromatic carbocycles. The lowest BCUT2D eigenvalue weighted by atomic mass is 9.58. The highest BCUT2D eigenvalue weighted by Crippen LogP contribution is 2.46. The molecule has 1 fully saturated rings. The van der Waals surface area contributed by atoms with E-state index >= 15 is 0 Å². The lowest BCUT2D eigenvalue weighted by Crippen LogP contribution is -2.67. The van der Waals surface area contributed by atoms with E-state index < -0.39 is 0 Å². The van der Waals surface area contributed by atoms with Crippen LogP contribution in [0.4, 0.5) is 0 Å². The summed E-state index contributed by atoms with van der Waals surface area (Å²) in [5.74, 6) is 0.470. The fraction of sp³-hybridized carbons (Fsp3) is 0.650. The quantitative estimate of drug-likeness (QED) is 0.706. The summed E-state index contributed by atoms with van der Waals surface area (Å²) in [4.78, 5) is 12.1. The van der Waals surface area contributed by atoms with Crippen molar-refractivity contribution >= 4 is 5.91 Å². The van der Waals surface area contributed by atoms with Gasteiger partial charge in [-0.15, -0.1) is 0 Å². The smallest absolute Gasteiger partial charge is 0.220 e. The van der Waals surface area contributed by atoms with E-state index in [1.54, 1.807) is 7.11 Å². The van der Waals surface area contributed by atoms with E-state index in [1.807, 2.05) is 18.2 Å². The standard InChI is InChI=1S/C20H31NO3/c1-15-18(20(2,3)19(15)23-4)21-17(22)11-8-13-24-14-12-16-9-6-5-7-10-16/h5-7,9-10,15,18-19H,8,11-14H2,1-4H3,(H,21,22)/t15-,18+,19-/m1/s1. The lowest BCUT2D eigenvalue weighted by Gasteiger charge is -2.56. The predicted molar refractivity (Wildman–Crippen MR) is 95.9 cm³/mol. The van der Waals surface area contributed by atoms with Crippen LogP contribution >= 0.6 is 0 Å². The van der Waals surface area contributed by atoms with Crippen molar-refractivity contribution in [3.05, 3.63) is 35.9 Å². The van der Waals surface area contributed by atoms with Gasteiger partial charge in [-0.2, -0.15) is 0 Å². The number of rotatable bonds is 9. The minimum Gasteiger partial charge on any atom is -0.381 e. The molecule has 2 rings (SSSR count). The Kier molecular flexibility index (Phi) is 6.81. The van der Waals surface area contributed by atoms with Gasteiger partial charge in [0.2, 0.25) is 5.91 Å². The zero-order valence-electron chi connectivity index (χ0n) is 15.4. The second-order valence-electron chi connectivity index (χ2n) is 7.33. The fourth-order valence-electron chi connectivity index (χ4n) is 3.94. The second-order valence-corrected chi connectivity index (χ2v) is 7.33. The first-order chi connectivity index (χ1) is 11.5. The van der Waals surface area contributed by atoms with Gasteiger partial charge < -0.3 is 14.8 Å². The van der Waals surface area contributed by atoms with E-state index in [-0.39, 0.29) is 23.5 Å². The molecule has 3 atom stereocenters. The molecule has 0 saturated heterocycles. The molecule has 1 N–H and O–H groups in total. The number of ether oxygens (including phenoxy) is 2. The Bertz CT molecular complexity index is 515. The van der Waals surface area contributed by atoms with Gasteiger partial charge in [0, 0.05) is 37.5 Å². The third-order valence-electron chi connectivity index (χ3n) is 5.18. The van der Waals surface area contributed by atoms with Crippen molar-refractivity contribution in [1.29, 1.82) is 0 Å². The van der Waals surface area contributed by atoms with E-state index in [2.05, 4.69) is 38.2 Å². The average molecular weight is 333 g/mol. The summed E-state index contributed by atoms with van der Waals surface area (Å²) in [5.41, 5.74) is 1.28. The number of amides is 1. The van der Waals surface area contributed by atoms with Crippen molar-refractivity contribution < 1.29 is 14.3 Å². The molecule has 24 heavy (non-hydrogen) atoms. The molecule has 1 aliphatic rings. The molecule has 0 spiro atoms. The van der Waals surface area contributed by atoms with Crippen LogP contribution in [0.3, 0.4) is 0 Å². The topological polar surface area (TPSA) is 47.6 Å². The Morgan fingerprint density at radius 2 is 1.92 bits per heavy atom. The first-order valence-electron chi connectivity index (χ1n) is 8.90. The van der Waals surface area contributed by atoms with Gasteiger partial charge in [0.15, 0.2) is 0 Å². The molecule has 0 radical (unpaired) electrons. The molecule has 1 aliphatic carbocycles. The van der Waals surface area contributed by atoms with Crippen LogP contribution in [-0.4, -0.2) is 38.4 Å². The number of hydrogen-bond acceptors (Lipinski definition) is 3. The van der Waals surface area contributed by atoms with E-state index in [0.717, 1.165) is 12.8 Å². The summed E-state index contributed by atoms with van der Waals surface area (Å²) in [7, 11) is 1.74. The minimum atomic E-state index is -0.00396. The van der Waals surface area contributed by atoms with E-state index in [1.165, 1.54) is 5.56 Å². The monoisotopic (exact) mass is 333 g/mol. The minimum absolute atomic E-state index is 0.00396. The zero-order valence-corrected chi connectivity index (χ0v) is 15.4. The van der Waals surface area contributed by atoms with Crippen LogP contribution in [-0.2, 0) is 20.7 Å². The molecular formula is C20H31NO3. The van der Waals surface area contributed by atoms with Gasteiger partial charge >= 0.3 is 0 Å². The normalized spacial score (nSPS) is 25.1. The molecule has 1 aromatic rings. The molecular weight excluding hydrogens is 302 g/mol. The molecule has 134 valence electrons. The number of nitrogens with one attached hydrogen (secondary N) is 1. The molecule has 0 heterocycles. The van der Waals surface area contributed by atoms with Crippen LogP contribution in [0.15, 0.2) is 30.3 Å². The summed E-state index contributed by atoms with van der Waals surface area (Å²) in [6.07, 6.45) is 2.40. The maximum Gasteiger partial charge on any atom is 0.220 e. The summed E-state index contributed by atoms with van der Waals surface area (Å²) < 4.78 is 11.1. The number of hydrogen-bond donors (Lipinski definition) is 1. The predicted octanol–water partition coefficient (Wildman–Crippen LogP) is 3.20. The Morgan fingerprint density at radius 1 is 1.21 bits per heavy atom. The molecule has 4 nitrogen and oxygen atoms in total. The van der Waals surface area contributed by atoms with Gasteiger partial charge in [0.25, 0.3) is 0 Å². The maximum absolute atomic E-state index is 12.1. The summed E-state index contributed by atoms with van der Waals surface area (Å²) in [5, 5.41) is 3.16. The molecule has 0 unspecified atom stereocenters. The fourth-order valence-corrected chi connectivity index (χ4v) is 3.94. The molecule has 0 aliphatic heterocycles. The van der Waals surface area contributed by atoms with E-state index in [4.69, 9.17) is 9.47 Å². The van der Waals surface area contributed by atoms with Gasteiger partial charge in [-0.25, -0.2) is 0 Å². The van der Waals surface area contributed by atoms with Crippen LogP contribution in [0.5, 0.6) is 0 Å². The number of methoxy groups -OCH3 is 1. The van der Waals surface area contributed by atoms with Crippen molar-refractivity contribution in [3.8, 4) is 0 Å². The van der Waals surface area contributed by atoms with Gasteiger partial charge in [0.1, 0.15) is 0 Å². The Labute approximate surface area is 145 Å². The number of carbonyl (C=O) groups excluding carboxylic acids is 1. The van der Waals surface area contributed by atoms with Gasteiger partial charge in [-0.05, 0) is 18.4 Å². The first-order valence-corrected chi connectivity index (χ1v) is 8.90. The van der Waals surface area contributed by atoms with Crippen LogP contribution in [0.2, 0.25) is 0 Å². The summed E-state index contributed by atoms with van der Waals surface area (Å²) >= 11 is 0. The SMILES string of the molecule is CO[C@@H]1[C@H](C)[C@H](NC(=O)CCCOCCc2ccccc2)C1(C)C. The highest BCUT2D eigenvalue weighted by molar-refractivity contribution is 5.76. The summed E-state index contributed by atoms with van der Waals surface area (Å²) in [6.45, 7) is 7.77. The second kappa shape index (κ2) is 8.63. The van der Waals surface area contributed by atoms with Crippen molar-refractivity contribution in [2.75, 3.05) is 20.3 Å². The van der Waals surface area contributed by atoms with Gasteiger partial charge in [-0.3, -0.25) is 4.79 Å². The van der Waals surface area contributed by atoms with Crippen LogP contribution in [0, 0.1) is 11.3 Å². The van der Waals surface area contributed by atoms with Crippen LogP contribution in [0.1, 0.15) is 39.2 Å². The van der Waals surface area contributed by atoms with Crippen LogP contribution in [0.25, 0.3) is 0 Å². The van der Waals surface area contributed by atoms with E-state index in [0.29, 0.717) is 25.6 Å². The highest BCUT2D eigenvalue weighted by Gasteiger charge is 2.55. The Hall–Kier alpha value is -1.39. The maximum atomic E-state index is 12.1. The van der Waals surface area contributed by atoms with Crippen molar-refractivity contribution in [3.63, 3.8) is 0 Å². The summed E-state index contributed by atoms with van der Waals surface area (Å²) in [6, 6.07) is 10.5. The van der Waals surface area contributed by atoms with Crippen molar-refractivity contribution in [2.45, 2.75) is 52.2 Å². The van der Waals surface area contributed by atoms with E-state index in [9.17, 15) is 4.79 Å². The van der Waals surface area contributed by atoms with Gasteiger partial charge in [-0.1, -0.05) is 51.1 Å². The van der Waals surface area contributed by atoms with Crippen molar-refractivity contribution in [2.24, 2.45) is 11.3 Å². The zero-order chi connectivity index (χ0) is 17.6. The number of benzene rings is 1. The number of carbonyl (C=O) groups is 1. The third kappa shape index (κ3) is 4.58. The Morgan fingerprint density at radius 3 is 2.54 bits per heavy atom. The molecule has 0 bridgehead atoms. The largest absolute Gasteiger partial charge is 0.381 e. The molecule has 4 heteroatoms. The average Bonchev–Trinajstić information content (AvgIpc) is 2.57. The van der Waals surface area contributed by atoms with Gasteiger partial charge in [0.05, 0.1) is 12.7 Å². The molecule has 1 amide bonds. The Balaban J connectivity index is 1.57. The molecule has 1 saturated carbocycles. The first kappa shape index (κ1) is 18.9. The van der Waals surface area contributed by atoms with Crippen LogP contribution < -0.4 is 5.32 Å².